The summed E-state index contributed by atoms with van der Waals surface area (Å²) in [6, 6.07) is 22.1. The van der Waals surface area contributed by atoms with E-state index in [-0.39, 0.29) is 0 Å². The molecule has 1 aliphatic heterocycles. The Labute approximate surface area is 165 Å². The summed E-state index contributed by atoms with van der Waals surface area (Å²) in [6.07, 6.45) is 1.57. The van der Waals surface area contributed by atoms with Gasteiger partial charge in [-0.3, -0.25) is 4.90 Å². The maximum atomic E-state index is 9.25. The minimum atomic E-state index is 0.595. The Balaban J connectivity index is 1.39. The van der Waals surface area contributed by atoms with Crippen LogP contribution in [0.25, 0.3) is 0 Å². The van der Waals surface area contributed by atoms with Crippen LogP contribution in [0.3, 0.4) is 0 Å². The lowest BCUT2D eigenvalue weighted by Gasteiger charge is -2.35. The van der Waals surface area contributed by atoms with Gasteiger partial charge in [-0.1, -0.05) is 42.5 Å². The van der Waals surface area contributed by atoms with Gasteiger partial charge in [0.25, 0.3) is 0 Å². The molecule has 0 atom stereocenters. The summed E-state index contributed by atoms with van der Waals surface area (Å²) in [5, 5.41) is 12.5. The molecule has 0 bridgehead atoms. The molecule has 2 heterocycles. The van der Waals surface area contributed by atoms with E-state index in [0.29, 0.717) is 11.4 Å². The minimum Gasteiger partial charge on any atom is -0.354 e. The number of aromatic nitrogens is 2. The van der Waals surface area contributed by atoms with Crippen LogP contribution in [0.5, 0.6) is 0 Å². The maximum Gasteiger partial charge on any atom is 0.135 e. The zero-order chi connectivity index (χ0) is 19.2. The number of rotatable bonds is 5. The monoisotopic (exact) mass is 370 g/mol. The number of nitrogens with zero attached hydrogens (tertiary/aromatic N) is 5. The lowest BCUT2D eigenvalue weighted by molar-refractivity contribution is 0.249. The molecular formula is C22H22N6. The first-order valence-electron chi connectivity index (χ1n) is 9.41. The molecule has 1 aliphatic rings. The molecule has 0 aliphatic carbocycles. The highest BCUT2D eigenvalue weighted by molar-refractivity contribution is 5.65. The van der Waals surface area contributed by atoms with Gasteiger partial charge in [0.1, 0.15) is 24.0 Å². The topological polar surface area (TPSA) is 68.1 Å². The normalized spacial score (nSPS) is 14.5. The van der Waals surface area contributed by atoms with E-state index in [1.165, 1.54) is 5.56 Å². The van der Waals surface area contributed by atoms with Crippen LogP contribution in [0.15, 0.2) is 67.0 Å². The van der Waals surface area contributed by atoms with Gasteiger partial charge in [0.2, 0.25) is 0 Å². The van der Waals surface area contributed by atoms with E-state index in [1.807, 2.05) is 24.3 Å². The number of nitriles is 1. The van der Waals surface area contributed by atoms with Crippen molar-refractivity contribution >= 4 is 17.3 Å². The standard InChI is InChI=1S/C22H22N6/c23-15-19-8-4-5-9-20(19)26-21-14-22(25-17-24-21)28-12-10-27(11-13-28)16-18-6-2-1-3-7-18/h1-9,14,17H,10-13,16H2,(H,24,25,26). The van der Waals surface area contributed by atoms with Crippen LogP contribution in [0, 0.1) is 11.3 Å². The second-order valence-corrected chi connectivity index (χ2v) is 6.79. The van der Waals surface area contributed by atoms with E-state index in [9.17, 15) is 5.26 Å². The number of hydrogen-bond acceptors (Lipinski definition) is 6. The van der Waals surface area contributed by atoms with Crippen molar-refractivity contribution in [2.75, 3.05) is 36.4 Å². The van der Waals surface area contributed by atoms with Crippen LogP contribution >= 0.6 is 0 Å². The van der Waals surface area contributed by atoms with Gasteiger partial charge >= 0.3 is 0 Å². The third-order valence-electron chi connectivity index (χ3n) is 4.91. The zero-order valence-corrected chi connectivity index (χ0v) is 15.6. The first-order chi connectivity index (χ1) is 13.8. The van der Waals surface area contributed by atoms with Gasteiger partial charge in [-0.05, 0) is 17.7 Å². The Morgan fingerprint density at radius 3 is 2.46 bits per heavy atom. The van der Waals surface area contributed by atoms with Crippen LogP contribution in [-0.2, 0) is 6.54 Å². The van der Waals surface area contributed by atoms with Crippen molar-refractivity contribution in [1.29, 1.82) is 5.26 Å². The highest BCUT2D eigenvalue weighted by atomic mass is 15.3. The van der Waals surface area contributed by atoms with Gasteiger partial charge in [-0.25, -0.2) is 9.97 Å². The first-order valence-corrected chi connectivity index (χ1v) is 9.41. The molecule has 28 heavy (non-hydrogen) atoms. The third-order valence-corrected chi connectivity index (χ3v) is 4.91. The van der Waals surface area contributed by atoms with E-state index in [2.05, 4.69) is 61.5 Å². The lowest BCUT2D eigenvalue weighted by Crippen LogP contribution is -2.46. The van der Waals surface area contributed by atoms with Crippen molar-refractivity contribution in [3.8, 4) is 6.07 Å². The number of nitrogens with one attached hydrogen (secondary N) is 1. The van der Waals surface area contributed by atoms with Crippen LogP contribution in [-0.4, -0.2) is 41.0 Å². The minimum absolute atomic E-state index is 0.595. The summed E-state index contributed by atoms with van der Waals surface area (Å²) in [7, 11) is 0. The number of hydrogen-bond donors (Lipinski definition) is 1. The van der Waals surface area contributed by atoms with Crippen molar-refractivity contribution in [2.24, 2.45) is 0 Å². The largest absolute Gasteiger partial charge is 0.354 e. The van der Waals surface area contributed by atoms with E-state index in [4.69, 9.17) is 0 Å². The van der Waals surface area contributed by atoms with E-state index in [0.717, 1.165) is 44.2 Å². The van der Waals surface area contributed by atoms with Crippen LogP contribution in [0.2, 0.25) is 0 Å². The second-order valence-electron chi connectivity index (χ2n) is 6.79. The van der Waals surface area contributed by atoms with Gasteiger partial charge in [-0.2, -0.15) is 5.26 Å². The van der Waals surface area contributed by atoms with Gasteiger partial charge in [0.05, 0.1) is 11.3 Å². The Morgan fingerprint density at radius 2 is 1.68 bits per heavy atom. The van der Waals surface area contributed by atoms with Gasteiger partial charge in [0, 0.05) is 38.8 Å². The fourth-order valence-electron chi connectivity index (χ4n) is 3.39. The van der Waals surface area contributed by atoms with Gasteiger partial charge in [0.15, 0.2) is 0 Å². The predicted molar refractivity (Wildman–Crippen MR) is 110 cm³/mol. The smallest absolute Gasteiger partial charge is 0.135 e. The molecule has 6 heteroatoms. The van der Waals surface area contributed by atoms with E-state index >= 15 is 0 Å². The molecule has 1 fully saturated rings. The van der Waals surface area contributed by atoms with Crippen LogP contribution in [0.4, 0.5) is 17.3 Å². The molecule has 4 rings (SSSR count). The van der Waals surface area contributed by atoms with Gasteiger partial charge in [-0.15, -0.1) is 0 Å². The second kappa shape index (κ2) is 8.51. The summed E-state index contributed by atoms with van der Waals surface area (Å²) < 4.78 is 0. The molecule has 0 radical (unpaired) electrons. The fourth-order valence-corrected chi connectivity index (χ4v) is 3.39. The molecule has 1 N–H and O–H groups in total. The van der Waals surface area contributed by atoms with Gasteiger partial charge < -0.3 is 10.2 Å². The van der Waals surface area contributed by atoms with Crippen molar-refractivity contribution in [3.63, 3.8) is 0 Å². The maximum absolute atomic E-state index is 9.25. The van der Waals surface area contributed by atoms with E-state index in [1.54, 1.807) is 12.4 Å². The number of piperazine rings is 1. The molecule has 0 unspecified atom stereocenters. The number of anilines is 3. The Kier molecular flexibility index (Phi) is 5.46. The molecule has 0 amide bonds. The molecule has 2 aromatic carbocycles. The Hall–Kier alpha value is -3.43. The molecule has 140 valence electrons. The molecular weight excluding hydrogens is 348 g/mol. The summed E-state index contributed by atoms with van der Waals surface area (Å²) in [4.78, 5) is 13.5. The quantitative estimate of drug-likeness (QED) is 0.742. The highest BCUT2D eigenvalue weighted by Gasteiger charge is 2.18. The van der Waals surface area contributed by atoms with E-state index < -0.39 is 0 Å². The average molecular weight is 370 g/mol. The van der Waals surface area contributed by atoms with Crippen molar-refractivity contribution < 1.29 is 0 Å². The summed E-state index contributed by atoms with van der Waals surface area (Å²) in [5.74, 6) is 1.60. The summed E-state index contributed by atoms with van der Waals surface area (Å²) in [6.45, 7) is 4.84. The Morgan fingerprint density at radius 1 is 0.929 bits per heavy atom. The first kappa shape index (κ1) is 18.0. The Bertz CT molecular complexity index is 958. The van der Waals surface area contributed by atoms with Crippen molar-refractivity contribution in [3.05, 3.63) is 78.1 Å². The van der Waals surface area contributed by atoms with Crippen molar-refractivity contribution in [2.45, 2.75) is 6.54 Å². The average Bonchev–Trinajstić information content (AvgIpc) is 2.76. The highest BCUT2D eigenvalue weighted by Crippen LogP contribution is 2.22. The predicted octanol–water partition coefficient (Wildman–Crippen LogP) is 3.41. The third kappa shape index (κ3) is 4.27. The molecule has 3 aromatic rings. The molecule has 0 saturated carbocycles. The number of para-hydroxylation sites is 1. The lowest BCUT2D eigenvalue weighted by atomic mass is 10.2. The summed E-state index contributed by atoms with van der Waals surface area (Å²) >= 11 is 0. The number of benzene rings is 2. The zero-order valence-electron chi connectivity index (χ0n) is 15.6. The fraction of sp³-hybridized carbons (Fsp3) is 0.227. The molecule has 1 aromatic heterocycles. The summed E-state index contributed by atoms with van der Waals surface area (Å²) in [5.41, 5.74) is 2.69. The van der Waals surface area contributed by atoms with Crippen molar-refractivity contribution in [1.82, 2.24) is 14.9 Å². The molecule has 0 spiro atoms. The van der Waals surface area contributed by atoms with Crippen LogP contribution in [0.1, 0.15) is 11.1 Å². The molecule has 1 saturated heterocycles. The van der Waals surface area contributed by atoms with Crippen LogP contribution < -0.4 is 10.2 Å². The molecule has 6 nitrogen and oxygen atoms in total. The SMILES string of the molecule is N#Cc1ccccc1Nc1cc(N2CCN(Cc3ccccc3)CC2)ncn1.